The van der Waals surface area contributed by atoms with Crippen LogP contribution >= 0.6 is 0 Å². The number of hydrogen-bond acceptors (Lipinski definition) is 5. The van der Waals surface area contributed by atoms with Gasteiger partial charge in [-0.15, -0.1) is 0 Å². The quantitative estimate of drug-likeness (QED) is 0.718. The number of nitrogens with one attached hydrogen (secondary N) is 2. The van der Waals surface area contributed by atoms with Gasteiger partial charge in [0.25, 0.3) is 0 Å². The van der Waals surface area contributed by atoms with E-state index in [1.807, 2.05) is 14.0 Å². The van der Waals surface area contributed by atoms with Gasteiger partial charge >= 0.3 is 0 Å². The van der Waals surface area contributed by atoms with Crippen molar-refractivity contribution in [2.45, 2.75) is 37.1 Å². The van der Waals surface area contributed by atoms with Crippen LogP contribution in [-0.2, 0) is 10.0 Å². The molecule has 0 bridgehead atoms. The monoisotopic (exact) mass is 312 g/mol. The number of pyridine rings is 1. The van der Waals surface area contributed by atoms with Crippen LogP contribution in [0.5, 0.6) is 0 Å². The van der Waals surface area contributed by atoms with E-state index < -0.39 is 10.0 Å². The second kappa shape index (κ2) is 7.20. The zero-order valence-electron chi connectivity index (χ0n) is 12.7. The third-order valence-corrected chi connectivity index (χ3v) is 5.02. The molecule has 6 nitrogen and oxygen atoms in total. The topological polar surface area (TPSA) is 74.3 Å². The average Bonchev–Trinajstić information content (AvgIpc) is 3.29. The van der Waals surface area contributed by atoms with Crippen LogP contribution in [0.3, 0.4) is 0 Å². The minimum Gasteiger partial charge on any atom is -0.369 e. The highest BCUT2D eigenvalue weighted by molar-refractivity contribution is 7.89. The van der Waals surface area contributed by atoms with Crippen LogP contribution in [0.2, 0.25) is 0 Å². The van der Waals surface area contributed by atoms with Gasteiger partial charge in [-0.05, 0) is 38.4 Å². The van der Waals surface area contributed by atoms with Crippen molar-refractivity contribution in [2.24, 2.45) is 0 Å². The van der Waals surface area contributed by atoms with Gasteiger partial charge in [-0.2, -0.15) is 0 Å². The highest BCUT2D eigenvalue weighted by Crippen LogP contribution is 2.24. The van der Waals surface area contributed by atoms with E-state index in [1.165, 1.54) is 12.8 Å². The van der Waals surface area contributed by atoms with Crippen LogP contribution in [0.4, 0.5) is 5.82 Å². The molecular weight excluding hydrogens is 288 g/mol. The summed E-state index contributed by atoms with van der Waals surface area (Å²) < 4.78 is 27.4. The summed E-state index contributed by atoms with van der Waals surface area (Å²) in [7, 11) is -1.49. The highest BCUT2D eigenvalue weighted by atomic mass is 32.2. The van der Waals surface area contributed by atoms with Gasteiger partial charge in [0.2, 0.25) is 10.0 Å². The standard InChI is InChI=1S/C14H24N4O2S/c1-3-8-15-14-13(5-4-9-16-14)21(19,20)17-10-11-18(2)12-6-7-12/h4-5,9,12,17H,3,6-8,10-11H2,1-2H3,(H,15,16). The first kappa shape index (κ1) is 16.2. The van der Waals surface area contributed by atoms with Crippen molar-refractivity contribution in [1.82, 2.24) is 14.6 Å². The number of sulfonamides is 1. The number of nitrogens with zero attached hydrogens (tertiary/aromatic N) is 2. The summed E-state index contributed by atoms with van der Waals surface area (Å²) in [6.45, 7) is 3.86. The fourth-order valence-electron chi connectivity index (χ4n) is 2.12. The molecule has 1 aromatic rings. The Balaban J connectivity index is 1.97. The van der Waals surface area contributed by atoms with Crippen molar-refractivity contribution in [1.29, 1.82) is 0 Å². The van der Waals surface area contributed by atoms with E-state index in [0.29, 0.717) is 24.9 Å². The summed E-state index contributed by atoms with van der Waals surface area (Å²) in [5.74, 6) is 0.419. The number of hydrogen-bond donors (Lipinski definition) is 2. The zero-order chi connectivity index (χ0) is 15.3. The summed E-state index contributed by atoms with van der Waals surface area (Å²) in [4.78, 5) is 6.53. The lowest BCUT2D eigenvalue weighted by atomic mass is 10.4. The number of rotatable bonds is 9. The van der Waals surface area contributed by atoms with Crippen LogP contribution in [0.25, 0.3) is 0 Å². The molecule has 21 heavy (non-hydrogen) atoms. The molecule has 1 heterocycles. The normalized spacial score (nSPS) is 15.4. The molecule has 7 heteroatoms. The summed E-state index contributed by atoms with van der Waals surface area (Å²) >= 11 is 0. The van der Waals surface area contributed by atoms with Gasteiger partial charge in [0.1, 0.15) is 10.7 Å². The van der Waals surface area contributed by atoms with E-state index in [2.05, 4.69) is 19.9 Å². The van der Waals surface area contributed by atoms with E-state index >= 15 is 0 Å². The largest absolute Gasteiger partial charge is 0.369 e. The lowest BCUT2D eigenvalue weighted by Crippen LogP contribution is -2.34. The van der Waals surface area contributed by atoms with Gasteiger partial charge in [0, 0.05) is 31.9 Å². The second-order valence-corrected chi connectivity index (χ2v) is 7.12. The SMILES string of the molecule is CCCNc1ncccc1S(=O)(=O)NCCN(C)C1CC1. The molecule has 0 radical (unpaired) electrons. The second-order valence-electron chi connectivity index (χ2n) is 5.39. The van der Waals surface area contributed by atoms with Crippen molar-refractivity contribution in [3.63, 3.8) is 0 Å². The number of likely N-dealkylation sites (N-methyl/N-ethyl adjacent to an activating group) is 1. The molecule has 0 amide bonds. The van der Waals surface area contributed by atoms with Gasteiger partial charge in [0.05, 0.1) is 0 Å². The number of anilines is 1. The molecule has 2 N–H and O–H groups in total. The first-order valence-electron chi connectivity index (χ1n) is 7.43. The molecule has 1 aliphatic rings. The third-order valence-electron chi connectivity index (χ3n) is 3.53. The maximum absolute atomic E-state index is 12.4. The molecule has 0 atom stereocenters. The van der Waals surface area contributed by atoms with Gasteiger partial charge in [-0.3, -0.25) is 0 Å². The molecule has 1 aromatic heterocycles. The predicted octanol–water partition coefficient (Wildman–Crippen LogP) is 1.28. The third kappa shape index (κ3) is 4.66. The van der Waals surface area contributed by atoms with Crippen LogP contribution in [0, 0.1) is 0 Å². The van der Waals surface area contributed by atoms with E-state index in [1.54, 1.807) is 18.3 Å². The summed E-state index contributed by atoms with van der Waals surface area (Å²) in [6, 6.07) is 3.86. The average molecular weight is 312 g/mol. The van der Waals surface area contributed by atoms with Gasteiger partial charge < -0.3 is 10.2 Å². The van der Waals surface area contributed by atoms with Gasteiger partial charge in [-0.1, -0.05) is 6.92 Å². The van der Waals surface area contributed by atoms with Crippen LogP contribution in [0.15, 0.2) is 23.2 Å². The molecule has 1 saturated carbocycles. The van der Waals surface area contributed by atoms with Crippen molar-refractivity contribution in [3.8, 4) is 0 Å². The smallest absolute Gasteiger partial charge is 0.244 e. The van der Waals surface area contributed by atoms with Crippen LogP contribution in [0.1, 0.15) is 26.2 Å². The predicted molar refractivity (Wildman–Crippen MR) is 83.9 cm³/mol. The number of aromatic nitrogens is 1. The molecule has 1 fully saturated rings. The molecule has 118 valence electrons. The lowest BCUT2D eigenvalue weighted by molar-refractivity contribution is 0.329. The van der Waals surface area contributed by atoms with Crippen molar-refractivity contribution >= 4 is 15.8 Å². The molecule has 0 aromatic carbocycles. The minimum atomic E-state index is -3.52. The molecule has 1 aliphatic carbocycles. The molecular formula is C14H24N4O2S. The van der Waals surface area contributed by atoms with Crippen LogP contribution in [-0.4, -0.2) is 51.0 Å². The fraction of sp³-hybridized carbons (Fsp3) is 0.643. The molecule has 2 rings (SSSR count). The van der Waals surface area contributed by atoms with E-state index in [9.17, 15) is 8.42 Å². The first-order chi connectivity index (χ1) is 10.0. The maximum Gasteiger partial charge on any atom is 0.244 e. The first-order valence-corrected chi connectivity index (χ1v) is 8.91. The van der Waals surface area contributed by atoms with Crippen molar-refractivity contribution in [3.05, 3.63) is 18.3 Å². The Kier molecular flexibility index (Phi) is 5.55. The summed E-state index contributed by atoms with van der Waals surface area (Å²) in [5.41, 5.74) is 0. The van der Waals surface area contributed by atoms with Crippen molar-refractivity contribution in [2.75, 3.05) is 32.0 Å². The van der Waals surface area contributed by atoms with Gasteiger partial charge in [0.15, 0.2) is 0 Å². The Morgan fingerprint density at radius 2 is 2.14 bits per heavy atom. The minimum absolute atomic E-state index is 0.215. The van der Waals surface area contributed by atoms with E-state index in [-0.39, 0.29) is 4.90 Å². The zero-order valence-corrected chi connectivity index (χ0v) is 13.5. The highest BCUT2D eigenvalue weighted by Gasteiger charge is 2.26. The molecule has 0 saturated heterocycles. The fourth-order valence-corrected chi connectivity index (χ4v) is 3.27. The Bertz CT molecular complexity index is 558. The van der Waals surface area contributed by atoms with E-state index in [4.69, 9.17) is 0 Å². The Labute approximate surface area is 127 Å². The Morgan fingerprint density at radius 3 is 2.81 bits per heavy atom. The lowest BCUT2D eigenvalue weighted by Gasteiger charge is -2.16. The molecule has 0 aliphatic heterocycles. The summed E-state index contributed by atoms with van der Waals surface area (Å²) in [5, 5.41) is 3.06. The Morgan fingerprint density at radius 1 is 1.38 bits per heavy atom. The van der Waals surface area contributed by atoms with Crippen LogP contribution < -0.4 is 10.0 Å². The van der Waals surface area contributed by atoms with Gasteiger partial charge in [-0.25, -0.2) is 18.1 Å². The Hall–Kier alpha value is -1.18. The van der Waals surface area contributed by atoms with Crippen molar-refractivity contribution < 1.29 is 8.42 Å². The summed E-state index contributed by atoms with van der Waals surface area (Å²) in [6.07, 6.45) is 4.95. The maximum atomic E-state index is 12.4. The van der Waals surface area contributed by atoms with E-state index in [0.717, 1.165) is 13.0 Å². The molecule has 0 spiro atoms. The molecule has 0 unspecified atom stereocenters.